The fourth-order valence-corrected chi connectivity index (χ4v) is 5.91. The SMILES string of the molecule is Clc1ccc(OCc2nnc(SCc3nc(-c4ccc(OCc5nnc6n5CCCCC6)cc4)no3)n2Cc2ccco2)cc1. The lowest BCUT2D eigenvalue weighted by atomic mass is 10.2. The van der Waals surface area contributed by atoms with E-state index in [-0.39, 0.29) is 6.61 Å². The predicted molar refractivity (Wildman–Crippen MR) is 165 cm³/mol. The van der Waals surface area contributed by atoms with Crippen LogP contribution in [0.25, 0.3) is 11.4 Å². The summed E-state index contributed by atoms with van der Waals surface area (Å²) in [5.41, 5.74) is 0.821. The molecule has 4 aromatic heterocycles. The zero-order chi connectivity index (χ0) is 30.4. The number of halogens is 1. The lowest BCUT2D eigenvalue weighted by Gasteiger charge is -2.09. The number of rotatable bonds is 12. The van der Waals surface area contributed by atoms with Crippen LogP contribution in [0.1, 0.15) is 48.4 Å². The average molecular weight is 645 g/mol. The molecule has 14 heteroatoms. The first kappa shape index (κ1) is 29.1. The normalized spacial score (nSPS) is 13.0. The van der Waals surface area contributed by atoms with Crippen LogP contribution < -0.4 is 9.47 Å². The van der Waals surface area contributed by atoms with Crippen LogP contribution in [0.15, 0.2) is 81.0 Å². The standard InChI is InChI=1S/C31H29ClN8O4S/c32-22-9-13-24(14-10-22)43-19-28-36-37-31(40(28)17-25-5-4-16-41-25)45-20-29-33-30(38-44-29)21-7-11-23(12-8-21)42-18-27-35-34-26-6-2-1-3-15-39(26)27/h4-5,7-14,16H,1-3,6,15,17-20H2. The first-order valence-electron chi connectivity index (χ1n) is 14.6. The molecular formula is C31H29ClN8O4S. The maximum atomic E-state index is 6.01. The highest BCUT2D eigenvalue weighted by atomic mass is 35.5. The fraction of sp³-hybridized carbons (Fsp3) is 0.290. The number of hydrogen-bond acceptors (Lipinski definition) is 11. The summed E-state index contributed by atoms with van der Waals surface area (Å²) in [4.78, 5) is 4.59. The van der Waals surface area contributed by atoms with Gasteiger partial charge in [0.15, 0.2) is 16.8 Å². The Morgan fingerprint density at radius 2 is 1.62 bits per heavy atom. The predicted octanol–water partition coefficient (Wildman–Crippen LogP) is 6.39. The van der Waals surface area contributed by atoms with Gasteiger partial charge in [0.25, 0.3) is 0 Å². The molecule has 0 saturated carbocycles. The molecule has 0 aliphatic carbocycles. The van der Waals surface area contributed by atoms with Gasteiger partial charge in [0, 0.05) is 23.6 Å². The van der Waals surface area contributed by atoms with Gasteiger partial charge in [0.1, 0.15) is 36.3 Å². The van der Waals surface area contributed by atoms with E-state index in [0.29, 0.717) is 52.4 Å². The van der Waals surface area contributed by atoms with Crippen molar-refractivity contribution in [2.45, 2.75) is 62.9 Å². The second-order valence-electron chi connectivity index (χ2n) is 10.4. The number of ether oxygens (including phenoxy) is 2. The largest absolute Gasteiger partial charge is 0.486 e. The van der Waals surface area contributed by atoms with Crippen molar-refractivity contribution in [1.29, 1.82) is 0 Å². The van der Waals surface area contributed by atoms with Crippen LogP contribution >= 0.6 is 23.4 Å². The molecule has 6 aromatic rings. The van der Waals surface area contributed by atoms with E-state index in [0.717, 1.165) is 54.5 Å². The molecule has 5 heterocycles. The van der Waals surface area contributed by atoms with Gasteiger partial charge in [-0.05, 0) is 73.5 Å². The lowest BCUT2D eigenvalue weighted by Crippen LogP contribution is -2.09. The summed E-state index contributed by atoms with van der Waals surface area (Å²) < 4.78 is 27.2. The van der Waals surface area contributed by atoms with Gasteiger partial charge in [0.05, 0.1) is 18.6 Å². The van der Waals surface area contributed by atoms with Crippen molar-refractivity contribution in [2.75, 3.05) is 0 Å². The van der Waals surface area contributed by atoms with E-state index >= 15 is 0 Å². The molecule has 7 rings (SSSR count). The molecule has 2 aromatic carbocycles. The third-order valence-corrected chi connectivity index (χ3v) is 8.53. The second kappa shape index (κ2) is 13.6. The Kier molecular flexibility index (Phi) is 8.78. The Bertz CT molecular complexity index is 1830. The molecule has 12 nitrogen and oxygen atoms in total. The Hall–Kier alpha value is -4.62. The van der Waals surface area contributed by atoms with E-state index in [1.807, 2.05) is 53.1 Å². The summed E-state index contributed by atoms with van der Waals surface area (Å²) in [5, 5.41) is 23.0. The molecule has 230 valence electrons. The van der Waals surface area contributed by atoms with Crippen LogP contribution in [0.4, 0.5) is 0 Å². The molecule has 0 spiro atoms. The molecule has 0 unspecified atom stereocenters. The van der Waals surface area contributed by atoms with Crippen LogP contribution in [-0.4, -0.2) is 39.7 Å². The number of furan rings is 1. The van der Waals surface area contributed by atoms with Gasteiger partial charge in [0.2, 0.25) is 11.7 Å². The van der Waals surface area contributed by atoms with Gasteiger partial charge in [-0.1, -0.05) is 34.9 Å². The first-order chi connectivity index (χ1) is 22.2. The Labute approximate surface area is 267 Å². The van der Waals surface area contributed by atoms with Gasteiger partial charge in [-0.25, -0.2) is 0 Å². The third-order valence-electron chi connectivity index (χ3n) is 7.33. The van der Waals surface area contributed by atoms with Crippen molar-refractivity contribution in [3.63, 3.8) is 0 Å². The van der Waals surface area contributed by atoms with E-state index < -0.39 is 0 Å². The number of thioether (sulfide) groups is 1. The molecule has 0 amide bonds. The molecule has 0 bridgehead atoms. The van der Waals surface area contributed by atoms with Crippen molar-refractivity contribution in [3.05, 3.63) is 101 Å². The van der Waals surface area contributed by atoms with Crippen LogP contribution in [0.5, 0.6) is 11.5 Å². The quantitative estimate of drug-likeness (QED) is 0.137. The maximum Gasteiger partial charge on any atom is 0.237 e. The average Bonchev–Trinajstić information content (AvgIpc) is 3.87. The summed E-state index contributed by atoms with van der Waals surface area (Å²) in [6.07, 6.45) is 6.13. The third kappa shape index (κ3) is 7.04. The highest BCUT2D eigenvalue weighted by Gasteiger charge is 2.18. The first-order valence-corrected chi connectivity index (χ1v) is 16.0. The lowest BCUT2D eigenvalue weighted by molar-refractivity contribution is 0.287. The minimum Gasteiger partial charge on any atom is -0.486 e. The molecule has 1 aliphatic heterocycles. The van der Waals surface area contributed by atoms with Crippen molar-refractivity contribution < 1.29 is 18.4 Å². The van der Waals surface area contributed by atoms with Crippen molar-refractivity contribution >= 4 is 23.4 Å². The summed E-state index contributed by atoms with van der Waals surface area (Å²) in [6, 6.07) is 18.5. The Morgan fingerprint density at radius 3 is 2.42 bits per heavy atom. The Morgan fingerprint density at radius 1 is 0.844 bits per heavy atom. The van der Waals surface area contributed by atoms with E-state index in [1.54, 1.807) is 18.4 Å². The van der Waals surface area contributed by atoms with E-state index in [2.05, 4.69) is 35.1 Å². The topological polar surface area (TPSA) is 132 Å². The summed E-state index contributed by atoms with van der Waals surface area (Å²) in [5.74, 6) is 6.12. The van der Waals surface area contributed by atoms with Crippen LogP contribution in [-0.2, 0) is 38.5 Å². The zero-order valence-corrected chi connectivity index (χ0v) is 25.8. The summed E-state index contributed by atoms with van der Waals surface area (Å²) >= 11 is 7.43. The van der Waals surface area contributed by atoms with Crippen LogP contribution in [0.2, 0.25) is 5.02 Å². The van der Waals surface area contributed by atoms with Gasteiger partial charge in [-0.2, -0.15) is 4.98 Å². The summed E-state index contributed by atoms with van der Waals surface area (Å²) in [6.45, 7) is 1.99. The van der Waals surface area contributed by atoms with Gasteiger partial charge < -0.3 is 23.0 Å². The van der Waals surface area contributed by atoms with E-state index in [9.17, 15) is 0 Å². The molecule has 0 radical (unpaired) electrons. The molecular weight excluding hydrogens is 616 g/mol. The number of fused-ring (bicyclic) bond motifs is 1. The van der Waals surface area contributed by atoms with Crippen molar-refractivity contribution in [3.8, 4) is 22.9 Å². The highest BCUT2D eigenvalue weighted by molar-refractivity contribution is 7.98. The number of nitrogens with zero attached hydrogens (tertiary/aromatic N) is 8. The zero-order valence-electron chi connectivity index (χ0n) is 24.2. The smallest absolute Gasteiger partial charge is 0.237 e. The minimum atomic E-state index is 0.224. The monoisotopic (exact) mass is 644 g/mol. The maximum absolute atomic E-state index is 6.01. The van der Waals surface area contributed by atoms with Crippen LogP contribution in [0, 0.1) is 0 Å². The van der Waals surface area contributed by atoms with Crippen LogP contribution in [0.3, 0.4) is 0 Å². The molecule has 0 fully saturated rings. The number of benzene rings is 2. The number of aromatic nitrogens is 8. The Balaban J connectivity index is 0.977. The molecule has 1 aliphatic rings. The molecule has 0 N–H and O–H groups in total. The minimum absolute atomic E-state index is 0.224. The molecule has 0 atom stereocenters. The number of hydrogen-bond donors (Lipinski definition) is 0. The van der Waals surface area contributed by atoms with Gasteiger partial charge in [-0.15, -0.1) is 20.4 Å². The highest BCUT2D eigenvalue weighted by Crippen LogP contribution is 2.26. The fourth-order valence-electron chi connectivity index (χ4n) is 4.99. The van der Waals surface area contributed by atoms with E-state index in [1.165, 1.54) is 18.2 Å². The molecule has 45 heavy (non-hydrogen) atoms. The van der Waals surface area contributed by atoms with E-state index in [4.69, 9.17) is 30.0 Å². The summed E-state index contributed by atoms with van der Waals surface area (Å²) in [7, 11) is 0. The second-order valence-corrected chi connectivity index (χ2v) is 11.8. The van der Waals surface area contributed by atoms with Gasteiger partial charge >= 0.3 is 0 Å². The number of aryl methyl sites for hydroxylation is 1. The van der Waals surface area contributed by atoms with Gasteiger partial charge in [-0.3, -0.25) is 4.57 Å². The molecule has 0 saturated heterocycles. The van der Waals surface area contributed by atoms with Crippen molar-refractivity contribution in [1.82, 2.24) is 39.7 Å². The van der Waals surface area contributed by atoms with Crippen molar-refractivity contribution in [2.24, 2.45) is 0 Å².